The number of terminal acetylenes is 1. The van der Waals surface area contributed by atoms with Gasteiger partial charge in [0.1, 0.15) is 6.07 Å². The number of hydrogen-bond acceptors (Lipinski definition) is 3. The molecule has 3 aliphatic rings. The number of fused-ring (bicyclic) bond motifs is 3. The van der Waals surface area contributed by atoms with Crippen LogP contribution in [0.2, 0.25) is 0 Å². The molecule has 1 saturated carbocycles. The molecule has 0 aromatic rings. The maximum Gasteiger partial charge on any atom is 0.196 e. The van der Waals surface area contributed by atoms with Crippen LogP contribution in [-0.4, -0.2) is 11.6 Å². The minimum atomic E-state index is -0.451. The van der Waals surface area contributed by atoms with Gasteiger partial charge in [0.05, 0.1) is 5.57 Å². The lowest BCUT2D eigenvalue weighted by molar-refractivity contribution is -0.123. The second-order valence-electron chi connectivity index (χ2n) is 8.13. The summed E-state index contributed by atoms with van der Waals surface area (Å²) in [6, 6.07) is 2.03. The van der Waals surface area contributed by atoms with E-state index in [4.69, 9.17) is 6.42 Å². The predicted octanol–water partition coefficient (Wildman–Crippen LogP) is 4.32. The van der Waals surface area contributed by atoms with Gasteiger partial charge in [-0.25, -0.2) is 0 Å². The summed E-state index contributed by atoms with van der Waals surface area (Å²) in [7, 11) is 0. The van der Waals surface area contributed by atoms with Gasteiger partial charge in [-0.2, -0.15) is 5.26 Å². The topological polar surface area (TPSA) is 57.9 Å². The second kappa shape index (κ2) is 6.40. The van der Waals surface area contributed by atoms with Gasteiger partial charge in [-0.15, -0.1) is 12.3 Å². The molecule has 0 aliphatic heterocycles. The van der Waals surface area contributed by atoms with Crippen molar-refractivity contribution in [1.29, 1.82) is 5.26 Å². The zero-order chi connectivity index (χ0) is 19.1. The number of rotatable bonds is 3. The van der Waals surface area contributed by atoms with Gasteiger partial charge in [-0.3, -0.25) is 9.59 Å². The molecular formula is C23H25NO2. The number of Topliss-reactive ketones (excluding diaryl/α,β-unsaturated/α-hetero) is 1. The van der Waals surface area contributed by atoms with Crippen molar-refractivity contribution < 1.29 is 9.59 Å². The number of carbonyl (C=O) groups is 2. The molecule has 0 aromatic heterocycles. The third-order valence-corrected chi connectivity index (χ3v) is 6.61. The van der Waals surface area contributed by atoms with Crippen LogP contribution in [0.1, 0.15) is 52.9 Å². The zero-order valence-electron chi connectivity index (χ0n) is 15.8. The second-order valence-corrected chi connectivity index (χ2v) is 8.13. The van der Waals surface area contributed by atoms with Crippen LogP contribution in [0.5, 0.6) is 0 Å². The van der Waals surface area contributed by atoms with Crippen LogP contribution >= 0.6 is 0 Å². The Hall–Kier alpha value is -2.39. The van der Waals surface area contributed by atoms with E-state index in [2.05, 4.69) is 25.8 Å². The van der Waals surface area contributed by atoms with Crippen molar-refractivity contribution in [2.45, 2.75) is 52.9 Å². The Morgan fingerprint density at radius 2 is 2.08 bits per heavy atom. The molecule has 0 spiro atoms. The Morgan fingerprint density at radius 1 is 1.35 bits per heavy atom. The number of nitrogens with zero attached hydrogens (tertiary/aromatic N) is 1. The molecule has 0 bridgehead atoms. The fourth-order valence-electron chi connectivity index (χ4n) is 5.42. The first kappa shape index (κ1) is 18.4. The fourth-order valence-corrected chi connectivity index (χ4v) is 5.42. The van der Waals surface area contributed by atoms with E-state index < -0.39 is 5.41 Å². The SMILES string of the molecule is C#CCC12C=C(C#N)C(=O)C=C1C1(C)C=C(CCC)C(=O)C(C)C1CC2. The Labute approximate surface area is 155 Å². The number of carbonyl (C=O) groups excluding carboxylic acids is 2. The largest absolute Gasteiger partial charge is 0.294 e. The van der Waals surface area contributed by atoms with Gasteiger partial charge in [0.15, 0.2) is 11.6 Å². The van der Waals surface area contributed by atoms with Gasteiger partial charge >= 0.3 is 0 Å². The molecule has 0 radical (unpaired) electrons. The van der Waals surface area contributed by atoms with Gasteiger partial charge in [0.2, 0.25) is 0 Å². The Bertz CT molecular complexity index is 844. The predicted molar refractivity (Wildman–Crippen MR) is 101 cm³/mol. The summed E-state index contributed by atoms with van der Waals surface area (Å²) in [4.78, 5) is 25.3. The lowest BCUT2D eigenvalue weighted by Crippen LogP contribution is -2.49. The molecule has 0 N–H and O–H groups in total. The van der Waals surface area contributed by atoms with Gasteiger partial charge in [-0.1, -0.05) is 39.3 Å². The highest BCUT2D eigenvalue weighted by Gasteiger charge is 2.55. The highest BCUT2D eigenvalue weighted by molar-refractivity contribution is 6.09. The summed E-state index contributed by atoms with van der Waals surface area (Å²) in [5.74, 6) is 2.87. The summed E-state index contributed by atoms with van der Waals surface area (Å²) in [6.45, 7) is 6.23. The molecule has 3 nitrogen and oxygen atoms in total. The van der Waals surface area contributed by atoms with Gasteiger partial charge in [0, 0.05) is 23.2 Å². The van der Waals surface area contributed by atoms with E-state index in [9.17, 15) is 14.9 Å². The van der Waals surface area contributed by atoms with Crippen molar-refractivity contribution in [2.75, 3.05) is 0 Å². The van der Waals surface area contributed by atoms with Crippen molar-refractivity contribution >= 4 is 11.6 Å². The molecule has 4 atom stereocenters. The zero-order valence-corrected chi connectivity index (χ0v) is 15.8. The lowest BCUT2D eigenvalue weighted by Gasteiger charge is -2.55. The third-order valence-electron chi connectivity index (χ3n) is 6.61. The average Bonchev–Trinajstić information content (AvgIpc) is 2.60. The van der Waals surface area contributed by atoms with Crippen molar-refractivity contribution in [3.63, 3.8) is 0 Å². The van der Waals surface area contributed by atoms with Crippen LogP contribution in [0.3, 0.4) is 0 Å². The van der Waals surface area contributed by atoms with Crippen LogP contribution in [0, 0.1) is 46.3 Å². The van der Waals surface area contributed by atoms with E-state index in [1.807, 2.05) is 13.0 Å². The summed E-state index contributed by atoms with van der Waals surface area (Å²) >= 11 is 0. The Morgan fingerprint density at radius 3 is 2.69 bits per heavy atom. The molecule has 3 rings (SSSR count). The maximum atomic E-state index is 12.8. The van der Waals surface area contributed by atoms with E-state index in [0.717, 1.165) is 36.8 Å². The smallest absolute Gasteiger partial charge is 0.196 e. The first-order valence-electron chi connectivity index (χ1n) is 9.42. The monoisotopic (exact) mass is 347 g/mol. The van der Waals surface area contributed by atoms with Gasteiger partial charge < -0.3 is 0 Å². The van der Waals surface area contributed by atoms with E-state index in [-0.39, 0.29) is 34.4 Å². The summed E-state index contributed by atoms with van der Waals surface area (Å²) < 4.78 is 0. The van der Waals surface area contributed by atoms with Crippen molar-refractivity contribution in [3.8, 4) is 18.4 Å². The maximum absolute atomic E-state index is 12.8. The molecule has 4 unspecified atom stereocenters. The summed E-state index contributed by atoms with van der Waals surface area (Å²) in [5.41, 5.74) is 1.23. The lowest BCUT2D eigenvalue weighted by atomic mass is 9.47. The van der Waals surface area contributed by atoms with Crippen LogP contribution in [-0.2, 0) is 9.59 Å². The molecule has 0 saturated heterocycles. The first-order valence-corrected chi connectivity index (χ1v) is 9.42. The van der Waals surface area contributed by atoms with Crippen LogP contribution in [0.4, 0.5) is 0 Å². The number of allylic oxidation sites excluding steroid dienone is 6. The van der Waals surface area contributed by atoms with Crippen LogP contribution in [0.25, 0.3) is 0 Å². The Balaban J connectivity index is 2.21. The van der Waals surface area contributed by atoms with Crippen molar-refractivity contribution in [2.24, 2.45) is 22.7 Å². The molecule has 0 amide bonds. The summed E-state index contributed by atoms with van der Waals surface area (Å²) in [6.07, 6.45) is 15.0. The number of nitriles is 1. The fraction of sp³-hybridized carbons (Fsp3) is 0.522. The third kappa shape index (κ3) is 2.50. The molecule has 134 valence electrons. The van der Waals surface area contributed by atoms with E-state index >= 15 is 0 Å². The van der Waals surface area contributed by atoms with E-state index in [1.54, 1.807) is 12.2 Å². The van der Waals surface area contributed by atoms with Gasteiger partial charge in [-0.05, 0) is 42.4 Å². The Kier molecular flexibility index (Phi) is 4.53. The van der Waals surface area contributed by atoms with Crippen molar-refractivity contribution in [1.82, 2.24) is 0 Å². The van der Waals surface area contributed by atoms with Crippen LogP contribution < -0.4 is 0 Å². The standard InChI is InChI=1S/C23H25NO2/c1-5-7-16-12-22(4)18(15(3)21(16)26)8-10-23(9-6-2)13-17(14-24)19(25)11-20(22)23/h2,11-13,15,18H,5,7-10H2,1,3-4H3. The molecule has 0 aromatic carbocycles. The average molecular weight is 347 g/mol. The number of hydrogen-bond donors (Lipinski definition) is 0. The minimum absolute atomic E-state index is 0.0623. The number of ketones is 2. The highest BCUT2D eigenvalue weighted by atomic mass is 16.1. The molecule has 3 aliphatic carbocycles. The van der Waals surface area contributed by atoms with Gasteiger partial charge in [0.25, 0.3) is 0 Å². The minimum Gasteiger partial charge on any atom is -0.294 e. The molecule has 0 heterocycles. The summed E-state index contributed by atoms with van der Waals surface area (Å²) in [5, 5.41) is 9.34. The first-order chi connectivity index (χ1) is 12.3. The van der Waals surface area contributed by atoms with E-state index in [1.165, 1.54) is 0 Å². The quantitative estimate of drug-likeness (QED) is 0.715. The van der Waals surface area contributed by atoms with Crippen molar-refractivity contribution in [3.05, 3.63) is 34.9 Å². The molecular weight excluding hydrogens is 322 g/mol. The molecule has 1 fully saturated rings. The highest BCUT2D eigenvalue weighted by Crippen LogP contribution is 2.62. The normalized spacial score (nSPS) is 36.0. The van der Waals surface area contributed by atoms with E-state index in [0.29, 0.717) is 6.42 Å². The molecule has 26 heavy (non-hydrogen) atoms. The van der Waals surface area contributed by atoms with Crippen LogP contribution in [0.15, 0.2) is 34.9 Å². The molecule has 3 heteroatoms.